The predicted octanol–water partition coefficient (Wildman–Crippen LogP) is 3.19. The number of ether oxygens (including phenoxy) is 1. The van der Waals surface area contributed by atoms with Crippen LogP contribution in [0.15, 0.2) is 58.4 Å². The highest BCUT2D eigenvalue weighted by Gasteiger charge is 2.10. The molecule has 7 nitrogen and oxygen atoms in total. The molecule has 8 heteroatoms. The first kappa shape index (κ1) is 23.7. The molecule has 30 heavy (non-hydrogen) atoms. The Morgan fingerprint density at radius 2 is 1.83 bits per heavy atom. The number of nitrogens with zero attached hydrogens (tertiary/aromatic N) is 1. The summed E-state index contributed by atoms with van der Waals surface area (Å²) in [6.07, 6.45) is 0. The zero-order valence-corrected chi connectivity index (χ0v) is 18.9. The predicted molar refractivity (Wildman–Crippen MR) is 121 cm³/mol. The number of hydrogen-bond donors (Lipinski definition) is 3. The van der Waals surface area contributed by atoms with Crippen LogP contribution in [-0.4, -0.2) is 27.5 Å². The molecule has 0 amide bonds. The first-order valence-corrected chi connectivity index (χ1v) is 11.6. The third kappa shape index (κ3) is 7.68. The van der Waals surface area contributed by atoms with Crippen LogP contribution in [0.3, 0.4) is 0 Å². The Morgan fingerprint density at radius 1 is 1.13 bits per heavy atom. The molecule has 0 aromatic heterocycles. The number of hydrogen-bond acceptors (Lipinski definition) is 4. The molecule has 0 heterocycles. The van der Waals surface area contributed by atoms with Crippen molar-refractivity contribution in [2.75, 3.05) is 13.2 Å². The molecule has 2 aromatic carbocycles. The van der Waals surface area contributed by atoms with Crippen molar-refractivity contribution in [2.24, 2.45) is 16.0 Å². The van der Waals surface area contributed by atoms with E-state index in [1.54, 1.807) is 12.1 Å². The van der Waals surface area contributed by atoms with Crippen LogP contribution in [0.1, 0.15) is 44.9 Å². The van der Waals surface area contributed by atoms with E-state index in [2.05, 4.69) is 36.4 Å². The van der Waals surface area contributed by atoms with Gasteiger partial charge >= 0.3 is 0 Å². The van der Waals surface area contributed by atoms with Crippen LogP contribution >= 0.6 is 0 Å². The fourth-order valence-electron chi connectivity index (χ4n) is 2.72. The van der Waals surface area contributed by atoms with Gasteiger partial charge in [0.05, 0.1) is 24.1 Å². The molecule has 0 aliphatic rings. The van der Waals surface area contributed by atoms with E-state index in [9.17, 15) is 8.42 Å². The van der Waals surface area contributed by atoms with Crippen LogP contribution in [0.25, 0.3) is 0 Å². The van der Waals surface area contributed by atoms with E-state index in [1.807, 2.05) is 37.3 Å². The zero-order chi connectivity index (χ0) is 22.1. The first-order chi connectivity index (χ1) is 14.2. The van der Waals surface area contributed by atoms with E-state index in [-0.39, 0.29) is 10.9 Å². The molecule has 2 rings (SSSR count). The van der Waals surface area contributed by atoms with Crippen LogP contribution in [-0.2, 0) is 16.6 Å². The van der Waals surface area contributed by atoms with Gasteiger partial charge in [-0.1, -0.05) is 38.1 Å². The van der Waals surface area contributed by atoms with Crippen LogP contribution in [0.4, 0.5) is 0 Å². The summed E-state index contributed by atoms with van der Waals surface area (Å²) in [5, 5.41) is 11.8. The van der Waals surface area contributed by atoms with Crippen molar-refractivity contribution in [1.29, 1.82) is 0 Å². The molecule has 0 spiro atoms. The smallest absolute Gasteiger partial charge is 0.238 e. The average molecular weight is 433 g/mol. The van der Waals surface area contributed by atoms with E-state index < -0.39 is 10.0 Å². The summed E-state index contributed by atoms with van der Waals surface area (Å²) in [5.74, 6) is 1.98. The summed E-state index contributed by atoms with van der Waals surface area (Å²) >= 11 is 0. The minimum absolute atomic E-state index is 0.0257. The molecule has 1 unspecified atom stereocenters. The van der Waals surface area contributed by atoms with Gasteiger partial charge in [0.15, 0.2) is 5.96 Å². The van der Waals surface area contributed by atoms with Crippen LogP contribution in [0.2, 0.25) is 0 Å². The minimum Gasteiger partial charge on any atom is -0.493 e. The van der Waals surface area contributed by atoms with E-state index >= 15 is 0 Å². The SMILES string of the molecule is CCNC(=NCc1cccc(S(N)(=O)=O)c1)NC(C)c1ccc(OCC(C)C)cc1. The monoisotopic (exact) mass is 432 g/mol. The van der Waals surface area contributed by atoms with Crippen molar-refractivity contribution < 1.29 is 13.2 Å². The van der Waals surface area contributed by atoms with Crippen molar-refractivity contribution in [3.63, 3.8) is 0 Å². The fraction of sp³-hybridized carbons (Fsp3) is 0.409. The second kappa shape index (κ2) is 11.0. The van der Waals surface area contributed by atoms with Crippen molar-refractivity contribution in [3.8, 4) is 5.75 Å². The Morgan fingerprint density at radius 3 is 2.43 bits per heavy atom. The standard InChI is InChI=1S/C22H32N4O3S/c1-5-24-22(25-14-18-7-6-8-21(13-18)30(23,27)28)26-17(4)19-9-11-20(12-10-19)29-15-16(2)3/h6-13,16-17H,5,14-15H2,1-4H3,(H2,23,27,28)(H2,24,25,26). The Kier molecular flexibility index (Phi) is 8.68. The average Bonchev–Trinajstić information content (AvgIpc) is 2.70. The number of rotatable bonds is 9. The summed E-state index contributed by atoms with van der Waals surface area (Å²) in [4.78, 5) is 4.66. The molecule has 0 saturated carbocycles. The third-order valence-electron chi connectivity index (χ3n) is 4.31. The Balaban J connectivity index is 2.05. The van der Waals surface area contributed by atoms with Crippen molar-refractivity contribution in [3.05, 3.63) is 59.7 Å². The van der Waals surface area contributed by atoms with Crippen molar-refractivity contribution in [1.82, 2.24) is 10.6 Å². The molecule has 0 aliphatic carbocycles. The summed E-state index contributed by atoms with van der Waals surface area (Å²) in [5.41, 5.74) is 1.87. The second-order valence-corrected chi connectivity index (χ2v) is 9.09. The van der Waals surface area contributed by atoms with E-state index in [0.717, 1.165) is 16.9 Å². The number of sulfonamides is 1. The Hall–Kier alpha value is -2.58. The van der Waals surface area contributed by atoms with Gasteiger partial charge in [0.2, 0.25) is 10.0 Å². The lowest BCUT2D eigenvalue weighted by Gasteiger charge is -2.19. The molecule has 0 radical (unpaired) electrons. The molecule has 2 aromatic rings. The number of nitrogens with two attached hydrogens (primary N) is 1. The highest BCUT2D eigenvalue weighted by atomic mass is 32.2. The van der Waals surface area contributed by atoms with Crippen LogP contribution in [0, 0.1) is 5.92 Å². The van der Waals surface area contributed by atoms with Crippen molar-refractivity contribution >= 4 is 16.0 Å². The molecule has 0 bridgehead atoms. The molecular formula is C22H32N4O3S. The van der Waals surface area contributed by atoms with E-state index in [4.69, 9.17) is 9.88 Å². The lowest BCUT2D eigenvalue weighted by Crippen LogP contribution is -2.38. The summed E-state index contributed by atoms with van der Waals surface area (Å²) < 4.78 is 28.8. The van der Waals surface area contributed by atoms with Crippen molar-refractivity contribution in [2.45, 2.75) is 45.2 Å². The topological polar surface area (TPSA) is 106 Å². The molecule has 0 aliphatic heterocycles. The van der Waals surface area contributed by atoms with E-state index in [0.29, 0.717) is 31.6 Å². The number of aliphatic imine (C=N–C) groups is 1. The first-order valence-electron chi connectivity index (χ1n) is 10.1. The second-order valence-electron chi connectivity index (χ2n) is 7.53. The maximum Gasteiger partial charge on any atom is 0.238 e. The number of benzene rings is 2. The summed E-state index contributed by atoms with van der Waals surface area (Å²) in [6, 6.07) is 14.5. The highest BCUT2D eigenvalue weighted by molar-refractivity contribution is 7.89. The van der Waals surface area contributed by atoms with Gasteiger partial charge in [-0.15, -0.1) is 0 Å². The Labute approximate surface area is 179 Å². The largest absolute Gasteiger partial charge is 0.493 e. The van der Waals surface area contributed by atoms with Crippen LogP contribution < -0.4 is 20.5 Å². The normalized spacial score (nSPS) is 13.2. The molecule has 164 valence electrons. The maximum atomic E-state index is 11.5. The molecular weight excluding hydrogens is 400 g/mol. The lowest BCUT2D eigenvalue weighted by molar-refractivity contribution is 0.271. The summed E-state index contributed by atoms with van der Waals surface area (Å²) in [6.45, 7) is 10.0. The lowest BCUT2D eigenvalue weighted by atomic mass is 10.1. The maximum absolute atomic E-state index is 11.5. The van der Waals surface area contributed by atoms with Gasteiger partial charge in [-0.3, -0.25) is 0 Å². The van der Waals surface area contributed by atoms with E-state index in [1.165, 1.54) is 6.07 Å². The highest BCUT2D eigenvalue weighted by Crippen LogP contribution is 2.18. The van der Waals surface area contributed by atoms with Gasteiger partial charge in [-0.05, 0) is 55.2 Å². The molecule has 0 saturated heterocycles. The van der Waals surface area contributed by atoms with Gasteiger partial charge < -0.3 is 15.4 Å². The number of nitrogens with one attached hydrogen (secondary N) is 2. The quantitative estimate of drug-likeness (QED) is 0.417. The van der Waals surface area contributed by atoms with Gasteiger partial charge in [-0.2, -0.15) is 0 Å². The number of primary sulfonamides is 1. The Bertz CT molecular complexity index is 941. The number of guanidine groups is 1. The molecule has 1 atom stereocenters. The van der Waals surface area contributed by atoms with Gasteiger partial charge in [0.1, 0.15) is 5.75 Å². The fourth-order valence-corrected chi connectivity index (χ4v) is 3.30. The van der Waals surface area contributed by atoms with Gasteiger partial charge in [0.25, 0.3) is 0 Å². The minimum atomic E-state index is -3.73. The third-order valence-corrected chi connectivity index (χ3v) is 5.22. The van der Waals surface area contributed by atoms with Gasteiger partial charge in [0, 0.05) is 6.54 Å². The zero-order valence-electron chi connectivity index (χ0n) is 18.1. The molecule has 0 fully saturated rings. The summed E-state index contributed by atoms with van der Waals surface area (Å²) in [7, 11) is -3.73. The van der Waals surface area contributed by atoms with Crippen LogP contribution in [0.5, 0.6) is 5.75 Å². The van der Waals surface area contributed by atoms with Gasteiger partial charge in [-0.25, -0.2) is 18.5 Å². The molecule has 4 N–H and O–H groups in total.